The molecular formula is C19H20F4N2O3. The van der Waals surface area contributed by atoms with E-state index in [-0.39, 0.29) is 30.2 Å². The lowest BCUT2D eigenvalue weighted by Gasteiger charge is -2.20. The maximum atomic E-state index is 13.7. The van der Waals surface area contributed by atoms with Crippen LogP contribution in [0.3, 0.4) is 0 Å². The molecule has 0 aliphatic heterocycles. The highest BCUT2D eigenvalue weighted by Gasteiger charge is 2.33. The number of nitrogens with one attached hydrogen (secondary N) is 1. The Morgan fingerprint density at radius 3 is 2.39 bits per heavy atom. The minimum atomic E-state index is -4.58. The van der Waals surface area contributed by atoms with Gasteiger partial charge in [0, 0.05) is 20.1 Å². The van der Waals surface area contributed by atoms with E-state index in [0.29, 0.717) is 5.56 Å². The molecule has 2 rings (SSSR count). The summed E-state index contributed by atoms with van der Waals surface area (Å²) in [6, 6.07) is 7.18. The average molecular weight is 400 g/mol. The first-order valence-electron chi connectivity index (χ1n) is 8.21. The van der Waals surface area contributed by atoms with Crippen molar-refractivity contribution in [2.75, 3.05) is 21.3 Å². The Balaban J connectivity index is 2.04. The van der Waals surface area contributed by atoms with Crippen LogP contribution in [0.2, 0.25) is 0 Å². The van der Waals surface area contributed by atoms with Gasteiger partial charge in [-0.15, -0.1) is 0 Å². The molecule has 2 aromatic rings. The van der Waals surface area contributed by atoms with Gasteiger partial charge in [0.15, 0.2) is 11.6 Å². The molecule has 5 nitrogen and oxygen atoms in total. The molecule has 1 N–H and O–H groups in total. The molecule has 0 bridgehead atoms. The summed E-state index contributed by atoms with van der Waals surface area (Å²) in [4.78, 5) is 13.4. The maximum Gasteiger partial charge on any atom is 0.416 e. The van der Waals surface area contributed by atoms with Crippen molar-refractivity contribution in [2.24, 2.45) is 0 Å². The van der Waals surface area contributed by atoms with E-state index >= 15 is 0 Å². The van der Waals surface area contributed by atoms with Crippen LogP contribution in [0.1, 0.15) is 16.7 Å². The van der Waals surface area contributed by atoms with Crippen LogP contribution in [0.5, 0.6) is 11.5 Å². The lowest BCUT2D eigenvalue weighted by atomic mass is 10.1. The standard InChI is InChI=1S/C19H20F4N2O3/c1-25(11-12-4-7-17(28-3)16(20)8-12)18(26)24-10-13-5-6-14(27-2)9-15(13)19(21,22)23/h4-9H,10-11H2,1-3H3,(H,24,26). The number of benzene rings is 2. The Morgan fingerprint density at radius 2 is 1.82 bits per heavy atom. The SMILES string of the molecule is COc1ccc(CNC(=O)N(C)Cc2ccc(OC)c(F)c2)c(C(F)(F)F)c1. The highest BCUT2D eigenvalue weighted by molar-refractivity contribution is 5.74. The van der Waals surface area contributed by atoms with Gasteiger partial charge in [-0.05, 0) is 35.4 Å². The highest BCUT2D eigenvalue weighted by atomic mass is 19.4. The molecule has 2 amide bonds. The monoisotopic (exact) mass is 400 g/mol. The summed E-state index contributed by atoms with van der Waals surface area (Å²) in [5.41, 5.74) is -0.464. The largest absolute Gasteiger partial charge is 0.497 e. The molecule has 0 aromatic heterocycles. The number of methoxy groups -OCH3 is 2. The van der Waals surface area contributed by atoms with Gasteiger partial charge in [-0.25, -0.2) is 9.18 Å². The number of nitrogens with zero attached hydrogens (tertiary/aromatic N) is 1. The molecule has 0 aliphatic carbocycles. The summed E-state index contributed by atoms with van der Waals surface area (Å²) in [6.45, 7) is -0.250. The van der Waals surface area contributed by atoms with Gasteiger partial charge in [0.05, 0.1) is 19.8 Å². The Bertz CT molecular complexity index is 840. The zero-order valence-electron chi connectivity index (χ0n) is 15.6. The van der Waals surface area contributed by atoms with Crippen LogP contribution in [0.15, 0.2) is 36.4 Å². The van der Waals surface area contributed by atoms with Crippen molar-refractivity contribution in [3.8, 4) is 11.5 Å². The molecule has 28 heavy (non-hydrogen) atoms. The van der Waals surface area contributed by atoms with E-state index in [9.17, 15) is 22.4 Å². The lowest BCUT2D eigenvalue weighted by molar-refractivity contribution is -0.138. The fourth-order valence-corrected chi connectivity index (χ4v) is 2.56. The number of urea groups is 1. The molecule has 152 valence electrons. The lowest BCUT2D eigenvalue weighted by Crippen LogP contribution is -2.36. The summed E-state index contributed by atoms with van der Waals surface area (Å²) in [6.07, 6.45) is -4.58. The number of carbonyl (C=O) groups excluding carboxylic acids is 1. The number of carbonyl (C=O) groups is 1. The Labute approximate surface area is 159 Å². The normalized spacial score (nSPS) is 11.1. The van der Waals surface area contributed by atoms with E-state index in [4.69, 9.17) is 9.47 Å². The van der Waals surface area contributed by atoms with Crippen molar-refractivity contribution in [1.29, 1.82) is 0 Å². The Hall–Kier alpha value is -2.97. The van der Waals surface area contributed by atoms with Gasteiger partial charge in [-0.3, -0.25) is 0 Å². The molecule has 0 radical (unpaired) electrons. The predicted octanol–water partition coefficient (Wildman–Crippen LogP) is 4.20. The molecule has 0 heterocycles. The molecule has 0 fully saturated rings. The molecule has 0 saturated heterocycles. The van der Waals surface area contributed by atoms with Gasteiger partial charge in [0.25, 0.3) is 0 Å². The molecule has 9 heteroatoms. The van der Waals surface area contributed by atoms with Crippen LogP contribution in [0.25, 0.3) is 0 Å². The van der Waals surface area contributed by atoms with Gasteiger partial charge in [-0.2, -0.15) is 13.2 Å². The zero-order chi connectivity index (χ0) is 20.9. The molecule has 2 aromatic carbocycles. The number of halogens is 4. The number of alkyl halides is 3. The number of rotatable bonds is 6. The van der Waals surface area contributed by atoms with Crippen molar-refractivity contribution in [3.05, 3.63) is 58.9 Å². The molecule has 0 aliphatic rings. The van der Waals surface area contributed by atoms with E-state index in [1.807, 2.05) is 0 Å². The second-order valence-electron chi connectivity index (χ2n) is 6.00. The highest BCUT2D eigenvalue weighted by Crippen LogP contribution is 2.34. The van der Waals surface area contributed by atoms with Crippen molar-refractivity contribution < 1.29 is 31.8 Å². The number of amides is 2. The van der Waals surface area contributed by atoms with Gasteiger partial charge in [0.2, 0.25) is 0 Å². The van der Waals surface area contributed by atoms with Crippen molar-refractivity contribution >= 4 is 6.03 Å². The number of hydrogen-bond acceptors (Lipinski definition) is 3. The minimum absolute atomic E-state index is 0.0704. The average Bonchev–Trinajstić information content (AvgIpc) is 2.65. The summed E-state index contributed by atoms with van der Waals surface area (Å²) < 4.78 is 63.0. The van der Waals surface area contributed by atoms with Crippen LogP contribution in [-0.2, 0) is 19.3 Å². The van der Waals surface area contributed by atoms with Crippen LogP contribution in [0.4, 0.5) is 22.4 Å². The van der Waals surface area contributed by atoms with E-state index in [1.165, 1.54) is 50.4 Å². The summed E-state index contributed by atoms with van der Waals surface area (Å²) >= 11 is 0. The van der Waals surface area contributed by atoms with E-state index in [1.54, 1.807) is 6.07 Å². The molecule has 0 spiro atoms. The van der Waals surface area contributed by atoms with Gasteiger partial charge < -0.3 is 19.7 Å². The maximum absolute atomic E-state index is 13.7. The van der Waals surface area contributed by atoms with E-state index < -0.39 is 23.6 Å². The van der Waals surface area contributed by atoms with Gasteiger partial charge >= 0.3 is 12.2 Å². The molecule has 0 atom stereocenters. The van der Waals surface area contributed by atoms with E-state index in [0.717, 1.165) is 6.07 Å². The molecule has 0 unspecified atom stereocenters. The van der Waals surface area contributed by atoms with Crippen molar-refractivity contribution in [2.45, 2.75) is 19.3 Å². The molecule has 0 saturated carbocycles. The molecular weight excluding hydrogens is 380 g/mol. The fraction of sp³-hybridized carbons (Fsp3) is 0.316. The van der Waals surface area contributed by atoms with Crippen molar-refractivity contribution in [3.63, 3.8) is 0 Å². The first-order valence-corrected chi connectivity index (χ1v) is 8.21. The minimum Gasteiger partial charge on any atom is -0.497 e. The predicted molar refractivity (Wildman–Crippen MR) is 94.7 cm³/mol. The third-order valence-electron chi connectivity index (χ3n) is 4.04. The topological polar surface area (TPSA) is 50.8 Å². The quantitative estimate of drug-likeness (QED) is 0.740. The third kappa shape index (κ3) is 5.28. The second-order valence-corrected chi connectivity index (χ2v) is 6.00. The summed E-state index contributed by atoms with van der Waals surface area (Å²) in [5, 5.41) is 2.43. The second kappa shape index (κ2) is 8.81. The summed E-state index contributed by atoms with van der Waals surface area (Å²) in [7, 11) is 4.07. The Morgan fingerprint density at radius 1 is 1.11 bits per heavy atom. The van der Waals surface area contributed by atoms with Gasteiger partial charge in [-0.1, -0.05) is 12.1 Å². The van der Waals surface area contributed by atoms with Crippen LogP contribution < -0.4 is 14.8 Å². The first kappa shape index (κ1) is 21.3. The third-order valence-corrected chi connectivity index (χ3v) is 4.04. The van der Waals surface area contributed by atoms with Gasteiger partial charge in [0.1, 0.15) is 5.75 Å². The smallest absolute Gasteiger partial charge is 0.416 e. The number of ether oxygens (including phenoxy) is 2. The Kier molecular flexibility index (Phi) is 6.71. The summed E-state index contributed by atoms with van der Waals surface area (Å²) in [5.74, 6) is -0.419. The van der Waals surface area contributed by atoms with Crippen LogP contribution >= 0.6 is 0 Å². The van der Waals surface area contributed by atoms with Crippen LogP contribution in [-0.4, -0.2) is 32.2 Å². The fourth-order valence-electron chi connectivity index (χ4n) is 2.56. The van der Waals surface area contributed by atoms with E-state index in [2.05, 4.69) is 5.32 Å². The number of hydrogen-bond donors (Lipinski definition) is 1. The first-order chi connectivity index (χ1) is 13.2. The zero-order valence-corrected chi connectivity index (χ0v) is 15.6. The van der Waals surface area contributed by atoms with Crippen molar-refractivity contribution in [1.82, 2.24) is 10.2 Å². The van der Waals surface area contributed by atoms with Crippen LogP contribution in [0, 0.1) is 5.82 Å².